The molecule has 2 heteroatoms. The van der Waals surface area contributed by atoms with Gasteiger partial charge in [-0.05, 0) is 89.5 Å². The van der Waals surface area contributed by atoms with Crippen molar-refractivity contribution in [3.05, 3.63) is 59.7 Å². The van der Waals surface area contributed by atoms with Gasteiger partial charge in [0.15, 0.2) is 0 Å². The molecule has 0 saturated heterocycles. The van der Waals surface area contributed by atoms with Gasteiger partial charge in [0, 0.05) is 0 Å². The van der Waals surface area contributed by atoms with Gasteiger partial charge in [-0.2, -0.15) is 0 Å². The first kappa shape index (κ1) is 18.7. The fraction of sp³-hybridized carbons (Fsp3) is 0.536. The standard InChI is InChI=1S/C28H32O2/c1-2-3-6-13-30-28(29)22-12-11-17-7-4-5-8-21(17)27(22)24-16-20-15-23(24)26-19-10-9-18(14-19)25(20)26/h4-5,7-12,18-20,23-26H,2-3,6,13-16H2,1H3. The van der Waals surface area contributed by atoms with Crippen molar-refractivity contribution >= 4 is 16.7 Å². The molecule has 4 bridgehead atoms. The Bertz CT molecular complexity index is 1000. The number of hydrogen-bond acceptors (Lipinski definition) is 2. The second kappa shape index (κ2) is 7.25. The zero-order valence-electron chi connectivity index (χ0n) is 17.9. The van der Waals surface area contributed by atoms with Crippen LogP contribution in [0.2, 0.25) is 0 Å². The highest BCUT2D eigenvalue weighted by molar-refractivity contribution is 5.99. The molecule has 0 heterocycles. The molecular formula is C28H32O2. The van der Waals surface area contributed by atoms with E-state index in [9.17, 15) is 4.79 Å². The maximum atomic E-state index is 13.2. The minimum absolute atomic E-state index is 0.112. The second-order valence-corrected chi connectivity index (χ2v) is 10.2. The van der Waals surface area contributed by atoms with Gasteiger partial charge in [0.05, 0.1) is 12.2 Å². The molecule has 6 rings (SSSR count). The number of carbonyl (C=O) groups excluding carboxylic acids is 1. The SMILES string of the molecule is CCCCCOC(=O)c1ccc2ccccc2c1C1CC2CC1C1C3C=CC(C3)C21. The van der Waals surface area contributed by atoms with Crippen LogP contribution in [0.25, 0.3) is 10.8 Å². The quantitative estimate of drug-likeness (QED) is 0.232. The van der Waals surface area contributed by atoms with Crippen LogP contribution in [0.15, 0.2) is 48.6 Å². The van der Waals surface area contributed by atoms with Crippen molar-refractivity contribution in [1.29, 1.82) is 0 Å². The largest absolute Gasteiger partial charge is 0.462 e. The molecule has 4 aliphatic carbocycles. The van der Waals surface area contributed by atoms with E-state index in [4.69, 9.17) is 4.74 Å². The molecule has 0 spiro atoms. The molecule has 2 nitrogen and oxygen atoms in total. The summed E-state index contributed by atoms with van der Waals surface area (Å²) in [6.45, 7) is 2.71. The Balaban J connectivity index is 1.37. The van der Waals surface area contributed by atoms with Crippen molar-refractivity contribution in [2.24, 2.45) is 35.5 Å². The van der Waals surface area contributed by atoms with Crippen LogP contribution in [0.5, 0.6) is 0 Å². The van der Waals surface area contributed by atoms with Crippen molar-refractivity contribution in [2.75, 3.05) is 6.61 Å². The Morgan fingerprint density at radius 3 is 2.67 bits per heavy atom. The van der Waals surface area contributed by atoms with Gasteiger partial charge in [-0.25, -0.2) is 4.79 Å². The molecule has 0 aliphatic heterocycles. The number of fused-ring (bicyclic) bond motifs is 10. The normalized spacial score (nSPS) is 35.3. The fourth-order valence-corrected chi connectivity index (χ4v) is 7.82. The highest BCUT2D eigenvalue weighted by Crippen LogP contribution is 2.69. The maximum absolute atomic E-state index is 13.2. The molecule has 7 unspecified atom stereocenters. The predicted octanol–water partition coefficient (Wildman–Crippen LogP) is 6.75. The minimum atomic E-state index is -0.112. The summed E-state index contributed by atoms with van der Waals surface area (Å²) in [5.41, 5.74) is 2.13. The van der Waals surface area contributed by atoms with Gasteiger partial charge in [0.2, 0.25) is 0 Å². The molecule has 30 heavy (non-hydrogen) atoms. The van der Waals surface area contributed by atoms with Crippen LogP contribution in [0.1, 0.15) is 67.3 Å². The zero-order valence-corrected chi connectivity index (χ0v) is 17.9. The van der Waals surface area contributed by atoms with Crippen LogP contribution in [0, 0.1) is 35.5 Å². The first-order chi connectivity index (χ1) is 14.8. The van der Waals surface area contributed by atoms with Gasteiger partial charge in [-0.15, -0.1) is 0 Å². The average Bonchev–Trinajstić information content (AvgIpc) is 3.55. The number of unbranched alkanes of at least 4 members (excludes halogenated alkanes) is 2. The molecule has 3 fully saturated rings. The van der Waals surface area contributed by atoms with E-state index in [0.29, 0.717) is 12.5 Å². The fourth-order valence-electron chi connectivity index (χ4n) is 7.82. The molecular weight excluding hydrogens is 368 g/mol. The molecule has 2 aromatic rings. The first-order valence-corrected chi connectivity index (χ1v) is 12.1. The minimum Gasteiger partial charge on any atom is -0.462 e. The molecule has 156 valence electrons. The molecule has 2 aromatic carbocycles. The number of rotatable bonds is 6. The molecule has 7 atom stereocenters. The van der Waals surface area contributed by atoms with E-state index in [2.05, 4.69) is 49.4 Å². The number of esters is 1. The average molecular weight is 401 g/mol. The second-order valence-electron chi connectivity index (χ2n) is 10.2. The molecule has 3 saturated carbocycles. The summed E-state index contributed by atoms with van der Waals surface area (Å²) in [6, 6.07) is 12.8. The summed E-state index contributed by atoms with van der Waals surface area (Å²) < 4.78 is 5.75. The van der Waals surface area contributed by atoms with Gasteiger partial charge in [0.1, 0.15) is 0 Å². The zero-order chi connectivity index (χ0) is 20.2. The Kier molecular flexibility index (Phi) is 4.51. The predicted molar refractivity (Wildman–Crippen MR) is 120 cm³/mol. The molecule has 4 aliphatic rings. The van der Waals surface area contributed by atoms with E-state index in [1.807, 2.05) is 6.07 Å². The number of ether oxygens (including phenoxy) is 1. The molecule has 0 N–H and O–H groups in total. The van der Waals surface area contributed by atoms with E-state index < -0.39 is 0 Å². The third-order valence-electron chi connectivity index (χ3n) is 8.81. The van der Waals surface area contributed by atoms with Gasteiger partial charge in [-0.3, -0.25) is 0 Å². The van der Waals surface area contributed by atoms with E-state index in [0.717, 1.165) is 60.3 Å². The highest BCUT2D eigenvalue weighted by atomic mass is 16.5. The van der Waals surface area contributed by atoms with Gasteiger partial charge < -0.3 is 4.74 Å². The number of carbonyl (C=O) groups is 1. The van der Waals surface area contributed by atoms with Crippen LogP contribution in [-0.2, 0) is 4.74 Å². The smallest absolute Gasteiger partial charge is 0.338 e. The lowest BCUT2D eigenvalue weighted by Crippen LogP contribution is -2.30. The van der Waals surface area contributed by atoms with Crippen LogP contribution in [0.4, 0.5) is 0 Å². The lowest BCUT2D eigenvalue weighted by atomic mass is 9.67. The van der Waals surface area contributed by atoms with E-state index in [-0.39, 0.29) is 5.97 Å². The van der Waals surface area contributed by atoms with Crippen molar-refractivity contribution < 1.29 is 9.53 Å². The lowest BCUT2D eigenvalue weighted by Gasteiger charge is -2.37. The van der Waals surface area contributed by atoms with Crippen LogP contribution >= 0.6 is 0 Å². The first-order valence-electron chi connectivity index (χ1n) is 12.1. The lowest BCUT2D eigenvalue weighted by molar-refractivity contribution is 0.0495. The van der Waals surface area contributed by atoms with Crippen LogP contribution in [-0.4, -0.2) is 12.6 Å². The summed E-state index contributed by atoms with van der Waals surface area (Å²) in [7, 11) is 0. The molecule has 0 radical (unpaired) electrons. The van der Waals surface area contributed by atoms with E-state index in [1.165, 1.54) is 35.6 Å². The Hall–Kier alpha value is -2.09. The Labute approximate surface area is 179 Å². The summed E-state index contributed by atoms with van der Waals surface area (Å²) in [4.78, 5) is 13.2. The maximum Gasteiger partial charge on any atom is 0.338 e. The summed E-state index contributed by atoms with van der Waals surface area (Å²) in [5.74, 6) is 5.36. The number of hydrogen-bond donors (Lipinski definition) is 0. The Morgan fingerprint density at radius 2 is 1.80 bits per heavy atom. The van der Waals surface area contributed by atoms with Crippen molar-refractivity contribution in [1.82, 2.24) is 0 Å². The van der Waals surface area contributed by atoms with Crippen molar-refractivity contribution in [2.45, 2.75) is 51.4 Å². The third kappa shape index (κ3) is 2.72. The monoisotopic (exact) mass is 400 g/mol. The van der Waals surface area contributed by atoms with Gasteiger partial charge in [-0.1, -0.05) is 62.2 Å². The summed E-state index contributed by atoms with van der Waals surface area (Å²) in [5, 5.41) is 2.52. The van der Waals surface area contributed by atoms with Crippen molar-refractivity contribution in [3.8, 4) is 0 Å². The topological polar surface area (TPSA) is 26.3 Å². The van der Waals surface area contributed by atoms with Crippen molar-refractivity contribution in [3.63, 3.8) is 0 Å². The summed E-state index contributed by atoms with van der Waals surface area (Å²) >= 11 is 0. The Morgan fingerprint density at radius 1 is 0.967 bits per heavy atom. The molecule has 0 amide bonds. The van der Waals surface area contributed by atoms with Crippen LogP contribution < -0.4 is 0 Å². The third-order valence-corrected chi connectivity index (χ3v) is 8.81. The number of allylic oxidation sites excluding steroid dienone is 2. The van der Waals surface area contributed by atoms with E-state index >= 15 is 0 Å². The van der Waals surface area contributed by atoms with Crippen LogP contribution in [0.3, 0.4) is 0 Å². The number of benzene rings is 2. The summed E-state index contributed by atoms with van der Waals surface area (Å²) in [6.07, 6.45) is 12.2. The van der Waals surface area contributed by atoms with Gasteiger partial charge in [0.25, 0.3) is 0 Å². The highest BCUT2D eigenvalue weighted by Gasteiger charge is 2.61. The molecule has 0 aromatic heterocycles. The van der Waals surface area contributed by atoms with Gasteiger partial charge >= 0.3 is 5.97 Å². The van der Waals surface area contributed by atoms with E-state index in [1.54, 1.807) is 0 Å².